The molecular weight excluding hydrogens is 260 g/mol. The third-order valence-electron chi connectivity index (χ3n) is 3.09. The van der Waals surface area contributed by atoms with Gasteiger partial charge in [-0.2, -0.15) is 5.21 Å². The Bertz CT molecular complexity index is 598. The Morgan fingerprint density at radius 1 is 1.50 bits per heavy atom. The maximum atomic E-state index is 11.1. The third kappa shape index (κ3) is 2.90. The second kappa shape index (κ2) is 5.64. The molecule has 0 saturated carbocycles. The van der Waals surface area contributed by atoms with Crippen molar-refractivity contribution in [2.24, 2.45) is 0 Å². The fraction of sp³-hybridized carbons (Fsp3) is 0.417. The van der Waals surface area contributed by atoms with Crippen molar-refractivity contribution in [2.75, 3.05) is 18.5 Å². The molecule has 1 aromatic heterocycles. The molecule has 1 N–H and O–H groups in total. The Morgan fingerprint density at radius 3 is 2.85 bits per heavy atom. The van der Waals surface area contributed by atoms with E-state index in [1.54, 1.807) is 12.1 Å². The summed E-state index contributed by atoms with van der Waals surface area (Å²) < 4.78 is 0. The summed E-state index contributed by atoms with van der Waals surface area (Å²) in [5, 5.41) is 24.9. The summed E-state index contributed by atoms with van der Waals surface area (Å²) >= 11 is 0. The van der Waals surface area contributed by atoms with Gasteiger partial charge >= 0.3 is 0 Å². The van der Waals surface area contributed by atoms with Gasteiger partial charge in [0, 0.05) is 25.6 Å². The minimum atomic E-state index is -0.371. The van der Waals surface area contributed by atoms with Gasteiger partial charge in [-0.05, 0) is 18.6 Å². The third-order valence-corrected chi connectivity index (χ3v) is 3.09. The number of likely N-dealkylation sites (N-methyl/N-ethyl adjacent to an activating group) is 1. The number of hydrogen-bond donors (Lipinski definition) is 1. The van der Waals surface area contributed by atoms with Gasteiger partial charge in [0.25, 0.3) is 5.69 Å². The summed E-state index contributed by atoms with van der Waals surface area (Å²) in [7, 11) is 1.82. The van der Waals surface area contributed by atoms with Crippen LogP contribution in [0.3, 0.4) is 0 Å². The zero-order valence-corrected chi connectivity index (χ0v) is 11.6. The number of H-pyrrole nitrogens is 1. The first-order chi connectivity index (χ1) is 9.49. The van der Waals surface area contributed by atoms with E-state index in [0.29, 0.717) is 18.1 Å². The van der Waals surface area contributed by atoms with E-state index in [4.69, 9.17) is 0 Å². The first-order valence-corrected chi connectivity index (χ1v) is 6.18. The van der Waals surface area contributed by atoms with Crippen LogP contribution in [0, 0.1) is 17.0 Å². The molecule has 0 aliphatic carbocycles. The standard InChI is InChI=1S/C12H16N6O2/c1-8-4-5-10(18(19)20)11(6-8)17(3)7-9(2)12-13-15-16-14-12/h4-6,9H,7H2,1-3H3,(H,13,14,15,16). The Labute approximate surface area is 115 Å². The van der Waals surface area contributed by atoms with Crippen molar-refractivity contribution in [3.63, 3.8) is 0 Å². The second-order valence-electron chi connectivity index (χ2n) is 4.80. The molecule has 0 fully saturated rings. The topological polar surface area (TPSA) is 101 Å². The Balaban J connectivity index is 2.22. The minimum Gasteiger partial charge on any atom is -0.368 e. The predicted octanol–water partition coefficient (Wildman–Crippen LogP) is 1.66. The molecule has 0 aliphatic rings. The molecule has 0 saturated heterocycles. The molecule has 8 heteroatoms. The Morgan fingerprint density at radius 2 is 2.25 bits per heavy atom. The van der Waals surface area contributed by atoms with E-state index in [2.05, 4.69) is 20.6 Å². The molecule has 0 radical (unpaired) electrons. The highest BCUT2D eigenvalue weighted by atomic mass is 16.6. The van der Waals surface area contributed by atoms with Crippen molar-refractivity contribution in [2.45, 2.75) is 19.8 Å². The second-order valence-corrected chi connectivity index (χ2v) is 4.80. The normalized spacial score (nSPS) is 12.2. The van der Waals surface area contributed by atoms with Crippen molar-refractivity contribution in [3.05, 3.63) is 39.7 Å². The van der Waals surface area contributed by atoms with Crippen LogP contribution in [0.15, 0.2) is 18.2 Å². The van der Waals surface area contributed by atoms with Crippen LogP contribution in [0.5, 0.6) is 0 Å². The van der Waals surface area contributed by atoms with Gasteiger partial charge in [-0.1, -0.05) is 18.2 Å². The van der Waals surface area contributed by atoms with E-state index in [-0.39, 0.29) is 16.5 Å². The summed E-state index contributed by atoms with van der Waals surface area (Å²) in [5.41, 5.74) is 1.66. The molecule has 1 unspecified atom stereocenters. The Hall–Kier alpha value is -2.51. The van der Waals surface area contributed by atoms with Crippen LogP contribution < -0.4 is 4.90 Å². The zero-order valence-electron chi connectivity index (χ0n) is 11.6. The van der Waals surface area contributed by atoms with E-state index in [1.807, 2.05) is 25.8 Å². The molecule has 2 rings (SSSR count). The van der Waals surface area contributed by atoms with Crippen LogP contribution in [0.25, 0.3) is 0 Å². The van der Waals surface area contributed by atoms with Crippen LogP contribution in [0.2, 0.25) is 0 Å². The molecule has 106 valence electrons. The number of nitro groups is 1. The highest BCUT2D eigenvalue weighted by Crippen LogP contribution is 2.29. The van der Waals surface area contributed by atoms with Crippen LogP contribution in [-0.2, 0) is 0 Å². The molecule has 20 heavy (non-hydrogen) atoms. The molecule has 1 atom stereocenters. The van der Waals surface area contributed by atoms with E-state index in [0.717, 1.165) is 5.56 Å². The fourth-order valence-electron chi connectivity index (χ4n) is 2.06. The number of hydrogen-bond acceptors (Lipinski definition) is 6. The predicted molar refractivity (Wildman–Crippen MR) is 73.7 cm³/mol. The van der Waals surface area contributed by atoms with Crippen molar-refractivity contribution in [3.8, 4) is 0 Å². The molecule has 0 bridgehead atoms. The quantitative estimate of drug-likeness (QED) is 0.658. The van der Waals surface area contributed by atoms with Gasteiger partial charge in [-0.25, -0.2) is 0 Å². The van der Waals surface area contributed by atoms with Crippen molar-refractivity contribution in [1.29, 1.82) is 0 Å². The minimum absolute atomic E-state index is 0.0128. The number of nitrogens with one attached hydrogen (secondary N) is 1. The SMILES string of the molecule is Cc1ccc([N+](=O)[O-])c(N(C)CC(C)c2nn[nH]n2)c1. The maximum absolute atomic E-state index is 11.1. The fourth-order valence-corrected chi connectivity index (χ4v) is 2.06. The van der Waals surface area contributed by atoms with E-state index in [1.165, 1.54) is 6.07 Å². The molecule has 0 amide bonds. The molecule has 8 nitrogen and oxygen atoms in total. The highest BCUT2D eigenvalue weighted by molar-refractivity contribution is 5.64. The van der Waals surface area contributed by atoms with Gasteiger partial charge in [-0.3, -0.25) is 10.1 Å². The summed E-state index contributed by atoms with van der Waals surface area (Å²) in [6.07, 6.45) is 0. The molecule has 1 heterocycles. The van der Waals surface area contributed by atoms with Crippen LogP contribution in [0.1, 0.15) is 24.2 Å². The number of aromatic nitrogens is 4. The first-order valence-electron chi connectivity index (χ1n) is 6.18. The van der Waals surface area contributed by atoms with Gasteiger partial charge in [0.15, 0.2) is 5.82 Å². The van der Waals surface area contributed by atoms with Crippen molar-refractivity contribution >= 4 is 11.4 Å². The monoisotopic (exact) mass is 276 g/mol. The molecule has 1 aromatic carbocycles. The number of tetrazole rings is 1. The van der Waals surface area contributed by atoms with Gasteiger partial charge in [0.1, 0.15) is 5.69 Å². The lowest BCUT2D eigenvalue weighted by Crippen LogP contribution is -2.24. The number of anilines is 1. The largest absolute Gasteiger partial charge is 0.368 e. The lowest BCUT2D eigenvalue weighted by molar-refractivity contribution is -0.384. The van der Waals surface area contributed by atoms with E-state index < -0.39 is 0 Å². The summed E-state index contributed by atoms with van der Waals surface area (Å²) in [6.45, 7) is 4.41. The number of benzene rings is 1. The molecule has 0 spiro atoms. The zero-order chi connectivity index (χ0) is 14.7. The Kier molecular flexibility index (Phi) is 3.92. The summed E-state index contributed by atoms with van der Waals surface area (Å²) in [5.74, 6) is 0.603. The van der Waals surface area contributed by atoms with Crippen LogP contribution in [-0.4, -0.2) is 39.1 Å². The van der Waals surface area contributed by atoms with Crippen molar-refractivity contribution in [1.82, 2.24) is 20.6 Å². The van der Waals surface area contributed by atoms with Crippen LogP contribution in [0.4, 0.5) is 11.4 Å². The average molecular weight is 276 g/mol. The molecule has 0 aliphatic heterocycles. The average Bonchev–Trinajstić information content (AvgIpc) is 2.92. The lowest BCUT2D eigenvalue weighted by atomic mass is 10.1. The smallest absolute Gasteiger partial charge is 0.292 e. The van der Waals surface area contributed by atoms with Gasteiger partial charge in [-0.15, -0.1) is 10.2 Å². The lowest BCUT2D eigenvalue weighted by Gasteiger charge is -2.22. The number of aryl methyl sites for hydroxylation is 1. The van der Waals surface area contributed by atoms with Gasteiger partial charge < -0.3 is 4.90 Å². The molecular formula is C12H16N6O2. The summed E-state index contributed by atoms with van der Waals surface area (Å²) in [6, 6.07) is 5.07. The number of aromatic amines is 1. The molecule has 2 aromatic rings. The summed E-state index contributed by atoms with van der Waals surface area (Å²) in [4.78, 5) is 12.6. The van der Waals surface area contributed by atoms with Crippen molar-refractivity contribution < 1.29 is 4.92 Å². The van der Waals surface area contributed by atoms with Crippen LogP contribution >= 0.6 is 0 Å². The van der Waals surface area contributed by atoms with Gasteiger partial charge in [0.2, 0.25) is 0 Å². The number of nitrogens with zero attached hydrogens (tertiary/aromatic N) is 5. The number of rotatable bonds is 5. The maximum Gasteiger partial charge on any atom is 0.292 e. The first kappa shape index (κ1) is 13.9. The van der Waals surface area contributed by atoms with E-state index in [9.17, 15) is 10.1 Å². The highest BCUT2D eigenvalue weighted by Gasteiger charge is 2.20. The van der Waals surface area contributed by atoms with Gasteiger partial charge in [0.05, 0.1) is 4.92 Å². The number of nitro benzene ring substituents is 1. The van der Waals surface area contributed by atoms with E-state index >= 15 is 0 Å².